The molecule has 0 bridgehead atoms. The molecule has 0 atom stereocenters. The van der Waals surface area contributed by atoms with Gasteiger partial charge >= 0.3 is 0 Å². The summed E-state index contributed by atoms with van der Waals surface area (Å²) in [5, 5.41) is 0.868. The number of hydrogen-bond donors (Lipinski definition) is 0. The highest BCUT2D eigenvalue weighted by atomic mass is 32.2. The van der Waals surface area contributed by atoms with Gasteiger partial charge in [-0.05, 0) is 25.0 Å². The monoisotopic (exact) mass is 220 g/mol. The van der Waals surface area contributed by atoms with Crippen molar-refractivity contribution in [1.82, 2.24) is 0 Å². The highest BCUT2D eigenvalue weighted by molar-refractivity contribution is 8.00. The van der Waals surface area contributed by atoms with E-state index in [1.807, 2.05) is 0 Å². The van der Waals surface area contributed by atoms with Gasteiger partial charge in [-0.25, -0.2) is 0 Å². The summed E-state index contributed by atoms with van der Waals surface area (Å²) < 4.78 is 0. The van der Waals surface area contributed by atoms with Gasteiger partial charge in [0.1, 0.15) is 0 Å². The normalized spacial score (nSPS) is 19.5. The Bertz CT molecular complexity index is 260. The summed E-state index contributed by atoms with van der Waals surface area (Å²) in [5.41, 5.74) is 0. The molecule has 1 aliphatic rings. The molecule has 0 radical (unpaired) electrons. The smallest absolute Gasteiger partial charge is 0.00944 e. The van der Waals surface area contributed by atoms with Crippen LogP contribution in [0.5, 0.6) is 0 Å². The average molecular weight is 220 g/mol. The first-order chi connectivity index (χ1) is 7.45. The van der Waals surface area contributed by atoms with E-state index >= 15 is 0 Å². The Morgan fingerprint density at radius 1 is 0.800 bits per heavy atom. The first kappa shape index (κ1) is 11.1. The molecule has 0 spiro atoms. The third-order valence-corrected chi connectivity index (χ3v) is 4.45. The summed E-state index contributed by atoms with van der Waals surface area (Å²) >= 11 is 2.09. The second kappa shape index (κ2) is 6.22. The van der Waals surface area contributed by atoms with Crippen molar-refractivity contribution in [2.75, 3.05) is 0 Å². The van der Waals surface area contributed by atoms with Gasteiger partial charge in [-0.2, -0.15) is 0 Å². The fourth-order valence-electron chi connectivity index (χ4n) is 2.23. The summed E-state index contributed by atoms with van der Waals surface area (Å²) in [4.78, 5) is 1.45. The van der Waals surface area contributed by atoms with Gasteiger partial charge in [0, 0.05) is 10.1 Å². The molecular formula is C14H20S. The second-order valence-electron chi connectivity index (χ2n) is 4.40. The largest absolute Gasteiger partial charge is 0.123 e. The van der Waals surface area contributed by atoms with Gasteiger partial charge in [0.25, 0.3) is 0 Å². The quantitative estimate of drug-likeness (QED) is 0.683. The fraction of sp³-hybridized carbons (Fsp3) is 0.571. The lowest BCUT2D eigenvalue weighted by Crippen LogP contribution is -2.05. The SMILES string of the molecule is c1ccc(SC2CCCCCCC2)cc1. The van der Waals surface area contributed by atoms with Gasteiger partial charge in [0.05, 0.1) is 0 Å². The highest BCUT2D eigenvalue weighted by Gasteiger charge is 2.12. The molecule has 15 heavy (non-hydrogen) atoms. The molecule has 0 saturated heterocycles. The lowest BCUT2D eigenvalue weighted by molar-refractivity contribution is 0.513. The zero-order chi connectivity index (χ0) is 10.3. The van der Waals surface area contributed by atoms with Crippen molar-refractivity contribution in [3.05, 3.63) is 30.3 Å². The predicted octanol–water partition coefficient (Wildman–Crippen LogP) is 4.89. The minimum absolute atomic E-state index is 0.868. The van der Waals surface area contributed by atoms with Crippen LogP contribution in [0.4, 0.5) is 0 Å². The lowest BCUT2D eigenvalue weighted by atomic mass is 10.0. The van der Waals surface area contributed by atoms with Gasteiger partial charge in [0.15, 0.2) is 0 Å². The van der Waals surface area contributed by atoms with E-state index in [9.17, 15) is 0 Å². The maximum atomic E-state index is 2.24. The molecule has 1 aliphatic carbocycles. The molecule has 1 fully saturated rings. The Morgan fingerprint density at radius 3 is 2.07 bits per heavy atom. The van der Waals surface area contributed by atoms with Gasteiger partial charge in [0.2, 0.25) is 0 Å². The number of benzene rings is 1. The average Bonchev–Trinajstić information content (AvgIpc) is 2.23. The van der Waals surface area contributed by atoms with Gasteiger partial charge < -0.3 is 0 Å². The van der Waals surface area contributed by atoms with Crippen molar-refractivity contribution in [3.8, 4) is 0 Å². The maximum Gasteiger partial charge on any atom is 0.00944 e. The van der Waals surface area contributed by atoms with Crippen LogP contribution in [-0.4, -0.2) is 5.25 Å². The minimum atomic E-state index is 0.868. The lowest BCUT2D eigenvalue weighted by Gasteiger charge is -2.18. The minimum Gasteiger partial charge on any atom is -0.123 e. The molecule has 0 N–H and O–H groups in total. The first-order valence-corrected chi connectivity index (χ1v) is 7.05. The Kier molecular flexibility index (Phi) is 4.59. The van der Waals surface area contributed by atoms with Crippen molar-refractivity contribution in [1.29, 1.82) is 0 Å². The molecule has 0 aliphatic heterocycles. The van der Waals surface area contributed by atoms with E-state index in [0.717, 1.165) is 5.25 Å². The number of hydrogen-bond acceptors (Lipinski definition) is 1. The molecule has 1 aromatic rings. The molecule has 82 valence electrons. The molecular weight excluding hydrogens is 200 g/mol. The van der Waals surface area contributed by atoms with Crippen LogP contribution in [0.2, 0.25) is 0 Å². The van der Waals surface area contributed by atoms with Crippen LogP contribution >= 0.6 is 11.8 Å². The van der Waals surface area contributed by atoms with E-state index in [2.05, 4.69) is 42.1 Å². The number of thioether (sulfide) groups is 1. The molecule has 0 amide bonds. The van der Waals surface area contributed by atoms with Crippen molar-refractivity contribution in [2.24, 2.45) is 0 Å². The molecule has 2 rings (SSSR count). The van der Waals surface area contributed by atoms with E-state index in [1.54, 1.807) is 0 Å². The van der Waals surface area contributed by atoms with Crippen molar-refractivity contribution in [2.45, 2.75) is 55.1 Å². The molecule has 0 unspecified atom stereocenters. The molecule has 1 saturated carbocycles. The highest BCUT2D eigenvalue weighted by Crippen LogP contribution is 2.31. The Balaban J connectivity index is 1.86. The molecule has 0 nitrogen and oxygen atoms in total. The van der Waals surface area contributed by atoms with Gasteiger partial charge in [-0.1, -0.05) is 50.3 Å². The van der Waals surface area contributed by atoms with Crippen molar-refractivity contribution in [3.63, 3.8) is 0 Å². The summed E-state index contributed by atoms with van der Waals surface area (Å²) in [6, 6.07) is 10.9. The molecule has 0 heterocycles. The Morgan fingerprint density at radius 2 is 1.40 bits per heavy atom. The van der Waals surface area contributed by atoms with Crippen LogP contribution in [0.3, 0.4) is 0 Å². The molecule has 1 aromatic carbocycles. The topological polar surface area (TPSA) is 0 Å². The number of rotatable bonds is 2. The maximum absolute atomic E-state index is 2.24. The third-order valence-electron chi connectivity index (χ3n) is 3.10. The van der Waals surface area contributed by atoms with Gasteiger partial charge in [-0.3, -0.25) is 0 Å². The molecule has 0 aromatic heterocycles. The van der Waals surface area contributed by atoms with Gasteiger partial charge in [-0.15, -0.1) is 11.8 Å². The second-order valence-corrected chi connectivity index (χ2v) is 5.77. The predicted molar refractivity (Wildman–Crippen MR) is 68.4 cm³/mol. The fourth-order valence-corrected chi connectivity index (χ4v) is 3.50. The molecule has 1 heteroatoms. The zero-order valence-electron chi connectivity index (χ0n) is 9.32. The van der Waals surface area contributed by atoms with E-state index in [-0.39, 0.29) is 0 Å². The standard InChI is InChI=1S/C14H20S/c1-2-5-9-13(10-6-3-1)15-14-11-7-4-8-12-14/h4,7-8,11-13H,1-3,5-6,9-10H2. The van der Waals surface area contributed by atoms with E-state index in [4.69, 9.17) is 0 Å². The van der Waals surface area contributed by atoms with Crippen LogP contribution in [0, 0.1) is 0 Å². The summed E-state index contributed by atoms with van der Waals surface area (Å²) in [6.45, 7) is 0. The van der Waals surface area contributed by atoms with Crippen LogP contribution < -0.4 is 0 Å². The third kappa shape index (κ3) is 3.90. The van der Waals surface area contributed by atoms with Crippen LogP contribution in [-0.2, 0) is 0 Å². The summed E-state index contributed by atoms with van der Waals surface area (Å²) in [6.07, 6.45) is 10.1. The van der Waals surface area contributed by atoms with Crippen LogP contribution in [0.25, 0.3) is 0 Å². The van der Waals surface area contributed by atoms with Crippen molar-refractivity contribution < 1.29 is 0 Å². The summed E-state index contributed by atoms with van der Waals surface area (Å²) in [5.74, 6) is 0. The van der Waals surface area contributed by atoms with E-state index < -0.39 is 0 Å². The van der Waals surface area contributed by atoms with Crippen LogP contribution in [0.15, 0.2) is 35.2 Å². The Labute approximate surface area is 97.5 Å². The zero-order valence-corrected chi connectivity index (χ0v) is 10.1. The first-order valence-electron chi connectivity index (χ1n) is 6.17. The summed E-state index contributed by atoms with van der Waals surface area (Å²) in [7, 11) is 0. The van der Waals surface area contributed by atoms with E-state index in [0.29, 0.717) is 0 Å². The van der Waals surface area contributed by atoms with Crippen LogP contribution in [0.1, 0.15) is 44.9 Å². The Hall–Kier alpha value is -0.430. The van der Waals surface area contributed by atoms with E-state index in [1.165, 1.54) is 49.8 Å². The van der Waals surface area contributed by atoms with Crippen molar-refractivity contribution >= 4 is 11.8 Å².